The minimum Gasteiger partial charge on any atom is -0.207 e. The van der Waals surface area contributed by atoms with E-state index in [1.54, 1.807) is 0 Å². The fourth-order valence-electron chi connectivity index (χ4n) is 3.92. The minimum absolute atomic E-state index is 0.198. The molecule has 0 amide bonds. The van der Waals surface area contributed by atoms with Crippen LogP contribution in [0.1, 0.15) is 49.3 Å². The van der Waals surface area contributed by atoms with Crippen molar-refractivity contribution in [3.05, 3.63) is 88.7 Å². The van der Waals surface area contributed by atoms with Gasteiger partial charge in [0.15, 0.2) is 0 Å². The summed E-state index contributed by atoms with van der Waals surface area (Å²) in [4.78, 5) is 0. The standard InChI is InChI=1S/C25H23F/c1-18-6-2-4-8-23(18)25-21(13-10-19-11-16-22(26)17-12-19)15-14-20-7-3-5-9-24(20)25/h3,5,7,9-17H,2,4,6,8H2,1H3/b13-10+. The first kappa shape index (κ1) is 16.8. The fourth-order valence-corrected chi connectivity index (χ4v) is 3.92. The molecule has 3 aromatic carbocycles. The average molecular weight is 342 g/mol. The average Bonchev–Trinajstić information content (AvgIpc) is 2.68. The first-order chi connectivity index (χ1) is 12.7. The van der Waals surface area contributed by atoms with Gasteiger partial charge in [0.05, 0.1) is 0 Å². The van der Waals surface area contributed by atoms with Crippen LogP contribution in [0.3, 0.4) is 0 Å². The Morgan fingerprint density at radius 3 is 2.38 bits per heavy atom. The van der Waals surface area contributed by atoms with Gasteiger partial charge in [-0.2, -0.15) is 0 Å². The third kappa shape index (κ3) is 3.35. The second-order valence-electron chi connectivity index (χ2n) is 7.10. The van der Waals surface area contributed by atoms with Gasteiger partial charge in [-0.15, -0.1) is 0 Å². The number of benzene rings is 3. The third-order valence-corrected chi connectivity index (χ3v) is 5.33. The minimum atomic E-state index is -0.198. The smallest absolute Gasteiger partial charge is 0.123 e. The summed E-state index contributed by atoms with van der Waals surface area (Å²) in [6, 6.07) is 19.7. The summed E-state index contributed by atoms with van der Waals surface area (Å²) in [6.07, 6.45) is 9.14. The van der Waals surface area contributed by atoms with Gasteiger partial charge in [-0.3, -0.25) is 0 Å². The lowest BCUT2D eigenvalue weighted by molar-refractivity contribution is 0.628. The Balaban J connectivity index is 1.86. The zero-order valence-corrected chi connectivity index (χ0v) is 15.1. The van der Waals surface area contributed by atoms with Gasteiger partial charge in [0.2, 0.25) is 0 Å². The second kappa shape index (κ2) is 7.29. The van der Waals surface area contributed by atoms with E-state index in [-0.39, 0.29) is 5.82 Å². The lowest BCUT2D eigenvalue weighted by atomic mass is 9.83. The van der Waals surface area contributed by atoms with E-state index in [0.29, 0.717) is 0 Å². The molecule has 0 aliphatic heterocycles. The van der Waals surface area contributed by atoms with Crippen LogP contribution in [0, 0.1) is 5.82 Å². The number of halogens is 1. The van der Waals surface area contributed by atoms with Crippen molar-refractivity contribution in [2.24, 2.45) is 0 Å². The van der Waals surface area contributed by atoms with Crippen molar-refractivity contribution in [1.82, 2.24) is 0 Å². The van der Waals surface area contributed by atoms with Gasteiger partial charge in [-0.1, -0.05) is 66.3 Å². The van der Waals surface area contributed by atoms with Crippen molar-refractivity contribution < 1.29 is 4.39 Å². The van der Waals surface area contributed by atoms with E-state index >= 15 is 0 Å². The molecule has 1 heteroatoms. The van der Waals surface area contributed by atoms with E-state index in [9.17, 15) is 4.39 Å². The molecule has 0 radical (unpaired) electrons. The molecule has 0 bridgehead atoms. The van der Waals surface area contributed by atoms with Crippen LogP contribution in [0.4, 0.5) is 4.39 Å². The molecule has 0 fully saturated rings. The van der Waals surface area contributed by atoms with Crippen molar-refractivity contribution >= 4 is 28.5 Å². The van der Waals surface area contributed by atoms with Crippen molar-refractivity contribution in [1.29, 1.82) is 0 Å². The number of hydrogen-bond donors (Lipinski definition) is 0. The molecule has 26 heavy (non-hydrogen) atoms. The molecular formula is C25H23F. The summed E-state index contributed by atoms with van der Waals surface area (Å²) in [5.74, 6) is -0.198. The molecule has 0 saturated heterocycles. The molecule has 0 atom stereocenters. The van der Waals surface area contributed by atoms with Gasteiger partial charge in [-0.05, 0) is 77.8 Å². The summed E-state index contributed by atoms with van der Waals surface area (Å²) in [5, 5.41) is 2.61. The highest BCUT2D eigenvalue weighted by Gasteiger charge is 2.16. The number of hydrogen-bond acceptors (Lipinski definition) is 0. The van der Waals surface area contributed by atoms with Crippen molar-refractivity contribution in [3.63, 3.8) is 0 Å². The Morgan fingerprint density at radius 2 is 1.58 bits per heavy atom. The third-order valence-electron chi connectivity index (χ3n) is 5.33. The zero-order valence-electron chi connectivity index (χ0n) is 15.1. The summed E-state index contributed by atoms with van der Waals surface area (Å²) >= 11 is 0. The van der Waals surface area contributed by atoms with Crippen LogP contribution >= 0.6 is 0 Å². The molecule has 0 heterocycles. The molecule has 0 unspecified atom stereocenters. The van der Waals surface area contributed by atoms with E-state index in [4.69, 9.17) is 0 Å². The Bertz CT molecular complexity index is 990. The van der Waals surface area contributed by atoms with Crippen LogP contribution in [0.25, 0.3) is 28.5 Å². The largest absolute Gasteiger partial charge is 0.207 e. The lowest BCUT2D eigenvalue weighted by Crippen LogP contribution is -2.00. The molecule has 4 rings (SSSR count). The van der Waals surface area contributed by atoms with Crippen LogP contribution in [0.5, 0.6) is 0 Å². The van der Waals surface area contributed by atoms with Gasteiger partial charge < -0.3 is 0 Å². The van der Waals surface area contributed by atoms with Gasteiger partial charge in [0, 0.05) is 0 Å². The monoisotopic (exact) mass is 342 g/mol. The van der Waals surface area contributed by atoms with Crippen molar-refractivity contribution in [2.45, 2.75) is 32.6 Å². The maximum absolute atomic E-state index is 13.1. The summed E-state index contributed by atoms with van der Waals surface area (Å²) in [6.45, 7) is 2.28. The molecule has 0 N–H and O–H groups in total. The maximum atomic E-state index is 13.1. The number of fused-ring (bicyclic) bond motifs is 1. The summed E-state index contributed by atoms with van der Waals surface area (Å²) < 4.78 is 13.1. The molecule has 3 aromatic rings. The highest BCUT2D eigenvalue weighted by Crippen LogP contribution is 2.38. The van der Waals surface area contributed by atoms with Crippen LogP contribution < -0.4 is 0 Å². The van der Waals surface area contributed by atoms with Gasteiger partial charge in [0.25, 0.3) is 0 Å². The quantitative estimate of drug-likeness (QED) is 0.432. The molecule has 130 valence electrons. The molecule has 1 aliphatic rings. The first-order valence-corrected chi connectivity index (χ1v) is 9.37. The van der Waals surface area contributed by atoms with Crippen LogP contribution in [0.15, 0.2) is 66.2 Å². The SMILES string of the molecule is CC1=C(c2c(/C=C/c3ccc(F)cc3)ccc3ccccc23)CCCC1. The molecule has 0 nitrogen and oxygen atoms in total. The Kier molecular flexibility index (Phi) is 4.71. The van der Waals surface area contributed by atoms with E-state index < -0.39 is 0 Å². The van der Waals surface area contributed by atoms with Crippen LogP contribution in [0.2, 0.25) is 0 Å². The molecule has 0 aromatic heterocycles. The van der Waals surface area contributed by atoms with Crippen molar-refractivity contribution in [2.75, 3.05) is 0 Å². The maximum Gasteiger partial charge on any atom is 0.123 e. The zero-order chi connectivity index (χ0) is 17.9. The van der Waals surface area contributed by atoms with Gasteiger partial charge in [-0.25, -0.2) is 4.39 Å². The normalized spacial score (nSPS) is 15.2. The van der Waals surface area contributed by atoms with Crippen LogP contribution in [-0.2, 0) is 0 Å². The van der Waals surface area contributed by atoms with E-state index in [1.807, 2.05) is 12.1 Å². The second-order valence-corrected chi connectivity index (χ2v) is 7.10. The fraction of sp³-hybridized carbons (Fsp3) is 0.200. The number of rotatable bonds is 3. The summed E-state index contributed by atoms with van der Waals surface area (Å²) in [7, 11) is 0. The van der Waals surface area contributed by atoms with Crippen LogP contribution in [-0.4, -0.2) is 0 Å². The highest BCUT2D eigenvalue weighted by atomic mass is 19.1. The molecule has 0 saturated carbocycles. The van der Waals surface area contributed by atoms with E-state index in [0.717, 1.165) is 12.0 Å². The molecule has 0 spiro atoms. The van der Waals surface area contributed by atoms with Gasteiger partial charge in [0.1, 0.15) is 5.82 Å². The highest BCUT2D eigenvalue weighted by molar-refractivity contribution is 5.99. The Labute approximate surface area is 154 Å². The Hall–Kier alpha value is -2.67. The van der Waals surface area contributed by atoms with Crippen molar-refractivity contribution in [3.8, 4) is 0 Å². The lowest BCUT2D eigenvalue weighted by Gasteiger charge is -2.21. The predicted octanol–water partition coefficient (Wildman–Crippen LogP) is 7.50. The molecule has 1 aliphatic carbocycles. The van der Waals surface area contributed by atoms with E-state index in [2.05, 4.69) is 55.5 Å². The van der Waals surface area contributed by atoms with E-state index in [1.165, 1.54) is 64.4 Å². The summed E-state index contributed by atoms with van der Waals surface area (Å²) in [5.41, 5.74) is 6.65. The predicted molar refractivity (Wildman–Crippen MR) is 110 cm³/mol. The topological polar surface area (TPSA) is 0 Å². The van der Waals surface area contributed by atoms with Gasteiger partial charge >= 0.3 is 0 Å². The number of allylic oxidation sites excluding steroid dienone is 2. The molecular weight excluding hydrogens is 319 g/mol. The first-order valence-electron chi connectivity index (χ1n) is 9.37. The Morgan fingerprint density at radius 1 is 0.808 bits per heavy atom.